The molecule has 7 rings (SSSR count). The number of pyridine rings is 1. The molecular weight excluding hydrogens is 466 g/mol. The number of piperidine rings is 1. The molecule has 2 bridgehead atoms. The molecule has 3 N–H and O–H groups in total. The van der Waals surface area contributed by atoms with E-state index in [1.807, 2.05) is 48.1 Å². The molecule has 5 aromatic rings. The summed E-state index contributed by atoms with van der Waals surface area (Å²) < 4.78 is 9.74. The van der Waals surface area contributed by atoms with E-state index in [2.05, 4.69) is 42.5 Å². The zero-order chi connectivity index (χ0) is 24.9. The average molecular weight is 496 g/mol. The number of nitrogens with two attached hydrogens (primary N) is 1. The van der Waals surface area contributed by atoms with Gasteiger partial charge in [-0.05, 0) is 73.1 Å². The van der Waals surface area contributed by atoms with Crippen LogP contribution in [0, 0.1) is 18.8 Å². The fourth-order valence-corrected chi connectivity index (χ4v) is 5.93. The van der Waals surface area contributed by atoms with Crippen LogP contribution in [0.15, 0.2) is 61.4 Å². The maximum atomic E-state index is 6.43. The van der Waals surface area contributed by atoms with Gasteiger partial charge in [0.25, 0.3) is 0 Å². The minimum Gasteiger partial charge on any atom is -0.457 e. The van der Waals surface area contributed by atoms with Crippen LogP contribution in [0.1, 0.15) is 24.0 Å². The first-order valence-electron chi connectivity index (χ1n) is 12.7. The first-order chi connectivity index (χ1) is 18.1. The Morgan fingerprint density at radius 1 is 0.973 bits per heavy atom. The molecule has 10 nitrogen and oxygen atoms in total. The summed E-state index contributed by atoms with van der Waals surface area (Å²) in [5, 5.41) is 12.1. The third-order valence-electron chi connectivity index (χ3n) is 7.83. The predicted octanol–water partition coefficient (Wildman–Crippen LogP) is 3.79. The summed E-state index contributed by atoms with van der Waals surface area (Å²) in [5.41, 5.74) is 11.3. The van der Waals surface area contributed by atoms with Crippen LogP contribution in [0.3, 0.4) is 0 Å². The molecule has 1 aliphatic carbocycles. The maximum Gasteiger partial charge on any atom is 0.158 e. The molecule has 188 valence electrons. The maximum absolute atomic E-state index is 6.43. The molecule has 0 radical (unpaired) electrons. The normalized spacial score (nSPS) is 21.6. The van der Waals surface area contributed by atoms with Gasteiger partial charge in [0.15, 0.2) is 11.5 Å². The van der Waals surface area contributed by atoms with Crippen LogP contribution < -0.4 is 15.8 Å². The third-order valence-corrected chi connectivity index (χ3v) is 7.83. The summed E-state index contributed by atoms with van der Waals surface area (Å²) in [7, 11) is 0. The zero-order valence-corrected chi connectivity index (χ0v) is 20.7. The number of benzene rings is 1. The molecule has 2 unspecified atom stereocenters. The van der Waals surface area contributed by atoms with Crippen molar-refractivity contribution < 1.29 is 4.74 Å². The highest BCUT2D eigenvalue weighted by atomic mass is 16.5. The number of aryl methyl sites for hydroxylation is 1. The topological polar surface area (TPSA) is 111 Å². The fourth-order valence-electron chi connectivity index (χ4n) is 5.93. The minimum atomic E-state index is 0.364. The van der Waals surface area contributed by atoms with Gasteiger partial charge >= 0.3 is 0 Å². The van der Waals surface area contributed by atoms with Crippen LogP contribution >= 0.6 is 0 Å². The van der Waals surface area contributed by atoms with E-state index in [1.165, 1.54) is 24.7 Å². The molecule has 0 amide bonds. The van der Waals surface area contributed by atoms with Gasteiger partial charge in [0.1, 0.15) is 29.7 Å². The van der Waals surface area contributed by atoms with Gasteiger partial charge in [-0.1, -0.05) is 0 Å². The number of hydrogen-bond donors (Lipinski definition) is 2. The van der Waals surface area contributed by atoms with E-state index in [0.717, 1.165) is 53.6 Å². The number of nitrogens with one attached hydrogen (secondary N) is 1. The van der Waals surface area contributed by atoms with Crippen LogP contribution in [0.5, 0.6) is 11.5 Å². The van der Waals surface area contributed by atoms with Gasteiger partial charge < -0.3 is 15.8 Å². The highest BCUT2D eigenvalue weighted by Crippen LogP contribution is 2.37. The summed E-state index contributed by atoms with van der Waals surface area (Å²) in [6.45, 7) is 5.04. The molecule has 2 aliphatic rings. The van der Waals surface area contributed by atoms with E-state index < -0.39 is 0 Å². The largest absolute Gasteiger partial charge is 0.457 e. The van der Waals surface area contributed by atoms with Crippen molar-refractivity contribution in [2.75, 3.05) is 18.4 Å². The molecule has 1 saturated carbocycles. The third kappa shape index (κ3) is 4.08. The van der Waals surface area contributed by atoms with Crippen molar-refractivity contribution in [1.82, 2.24) is 34.1 Å². The van der Waals surface area contributed by atoms with E-state index in [4.69, 9.17) is 10.5 Å². The summed E-state index contributed by atoms with van der Waals surface area (Å²) in [5.74, 6) is 3.51. The lowest BCUT2D eigenvalue weighted by atomic mass is 9.93. The number of aromatic nitrogens is 6. The number of fused-ring (bicyclic) bond motifs is 4. The number of likely N-dealkylation sites (tertiary alicyclic amines) is 1. The second-order valence-electron chi connectivity index (χ2n) is 10.2. The Kier molecular flexibility index (Phi) is 5.29. The van der Waals surface area contributed by atoms with Crippen molar-refractivity contribution in [3.63, 3.8) is 0 Å². The second-order valence-corrected chi connectivity index (χ2v) is 10.2. The number of ether oxygens (including phenoxy) is 1. The second kappa shape index (κ2) is 8.82. The number of rotatable bonds is 6. The Morgan fingerprint density at radius 3 is 2.59 bits per heavy atom. The van der Waals surface area contributed by atoms with Gasteiger partial charge in [-0.15, -0.1) is 0 Å². The van der Waals surface area contributed by atoms with Crippen LogP contribution in [-0.2, 0) is 6.54 Å². The van der Waals surface area contributed by atoms with Crippen LogP contribution in [-0.4, -0.2) is 53.2 Å². The van der Waals surface area contributed by atoms with Gasteiger partial charge in [0.2, 0.25) is 0 Å². The number of nitrogens with zero attached hydrogens (tertiary/aromatic N) is 7. The van der Waals surface area contributed by atoms with E-state index in [1.54, 1.807) is 10.8 Å². The number of hydrogen-bond acceptors (Lipinski definition) is 8. The zero-order valence-electron chi connectivity index (χ0n) is 20.7. The standard InChI is InChI=1S/C27H29N9O/c1-17-10-21(4-5-23(17)37-22-7-9-35-24(11-22)29-15-31-35)33-27-26-20(6-8-36(26)32-16-30-27)14-34-12-18-2-3-19(13-34)25(18)28/h4-11,15-16,18-19,25H,2-3,12-14,28H2,1H3,(H,30,32,33)/t18-,19?,25?/m0/s1. The summed E-state index contributed by atoms with van der Waals surface area (Å²) in [4.78, 5) is 11.4. The van der Waals surface area contributed by atoms with Gasteiger partial charge in [0, 0.05) is 49.8 Å². The Labute approximate surface area is 214 Å². The molecule has 5 heterocycles. The highest BCUT2D eigenvalue weighted by molar-refractivity contribution is 5.76. The summed E-state index contributed by atoms with van der Waals surface area (Å²) >= 11 is 0. The minimum absolute atomic E-state index is 0.364. The highest BCUT2D eigenvalue weighted by Gasteiger charge is 2.39. The Balaban J connectivity index is 1.11. The molecule has 1 aliphatic heterocycles. The Morgan fingerprint density at radius 2 is 1.76 bits per heavy atom. The van der Waals surface area contributed by atoms with Gasteiger partial charge in [-0.3, -0.25) is 4.90 Å². The Bertz CT molecular complexity index is 1580. The van der Waals surface area contributed by atoms with E-state index in [0.29, 0.717) is 23.6 Å². The van der Waals surface area contributed by atoms with Crippen LogP contribution in [0.4, 0.5) is 11.5 Å². The molecule has 37 heavy (non-hydrogen) atoms. The molecule has 10 heteroatoms. The van der Waals surface area contributed by atoms with Gasteiger partial charge in [-0.25, -0.2) is 19.0 Å². The molecule has 3 atom stereocenters. The summed E-state index contributed by atoms with van der Waals surface area (Å²) in [6.07, 6.45) is 9.46. The molecule has 2 fully saturated rings. The lowest BCUT2D eigenvalue weighted by Crippen LogP contribution is -2.48. The van der Waals surface area contributed by atoms with E-state index >= 15 is 0 Å². The SMILES string of the molecule is Cc1cc(Nc2ncnn3ccc(CN4CC5CC[C@@H](C4)C5N)c23)ccc1Oc1ccn2ncnc2c1. The van der Waals surface area contributed by atoms with Crippen molar-refractivity contribution in [2.45, 2.75) is 32.4 Å². The van der Waals surface area contributed by atoms with Crippen molar-refractivity contribution >= 4 is 22.7 Å². The molecule has 1 aromatic carbocycles. The lowest BCUT2D eigenvalue weighted by molar-refractivity contribution is 0.141. The van der Waals surface area contributed by atoms with Crippen LogP contribution in [0.2, 0.25) is 0 Å². The molecule has 1 saturated heterocycles. The van der Waals surface area contributed by atoms with Gasteiger partial charge in [-0.2, -0.15) is 10.2 Å². The summed E-state index contributed by atoms with van der Waals surface area (Å²) in [6, 6.07) is 12.3. The van der Waals surface area contributed by atoms with Crippen molar-refractivity contribution in [2.24, 2.45) is 17.6 Å². The smallest absolute Gasteiger partial charge is 0.158 e. The predicted molar refractivity (Wildman–Crippen MR) is 140 cm³/mol. The molecular formula is C27H29N9O. The van der Waals surface area contributed by atoms with Crippen LogP contribution in [0.25, 0.3) is 11.2 Å². The van der Waals surface area contributed by atoms with Crippen molar-refractivity contribution in [3.05, 3.63) is 72.6 Å². The van der Waals surface area contributed by atoms with Gasteiger partial charge in [0.05, 0.1) is 0 Å². The monoisotopic (exact) mass is 495 g/mol. The first kappa shape index (κ1) is 22.2. The molecule has 0 spiro atoms. The van der Waals surface area contributed by atoms with E-state index in [9.17, 15) is 0 Å². The fraction of sp³-hybridized carbons (Fsp3) is 0.333. The Hall–Kier alpha value is -4.02. The van der Waals surface area contributed by atoms with E-state index in [-0.39, 0.29) is 0 Å². The first-order valence-corrected chi connectivity index (χ1v) is 12.7. The average Bonchev–Trinajstić information content (AvgIpc) is 3.57. The molecule has 4 aromatic heterocycles. The van der Waals surface area contributed by atoms with Crippen molar-refractivity contribution in [3.8, 4) is 11.5 Å². The van der Waals surface area contributed by atoms with Crippen molar-refractivity contribution in [1.29, 1.82) is 0 Å². The number of anilines is 2. The quantitative estimate of drug-likeness (QED) is 0.366. The lowest BCUT2D eigenvalue weighted by Gasteiger charge is -2.36.